The molecule has 0 aliphatic heterocycles. The van der Waals surface area contributed by atoms with Crippen molar-refractivity contribution in [2.45, 2.75) is 25.8 Å². The largest absolute Gasteiger partial charge is 0.494 e. The maximum absolute atomic E-state index is 13.8. The Morgan fingerprint density at radius 1 is 1.19 bits per heavy atom. The van der Waals surface area contributed by atoms with Gasteiger partial charge in [0, 0.05) is 0 Å². The normalized spacial score (nSPS) is 12.4. The number of hydrogen-bond acceptors (Lipinski definition) is 4. The first-order chi connectivity index (χ1) is 12.8. The minimum atomic E-state index is -3.50. The number of carbonyl (C=O) groups excluding carboxylic acids is 1. The second-order valence-corrected chi connectivity index (χ2v) is 8.55. The van der Waals surface area contributed by atoms with Crippen molar-refractivity contribution in [1.82, 2.24) is 5.32 Å². The van der Waals surface area contributed by atoms with E-state index in [4.69, 9.17) is 4.74 Å². The van der Waals surface area contributed by atoms with Gasteiger partial charge < -0.3 is 10.1 Å². The quantitative estimate of drug-likeness (QED) is 0.711. The number of carbonyl (C=O) groups is 1. The second-order valence-electron chi connectivity index (χ2n) is 6.36. The number of amides is 1. The summed E-state index contributed by atoms with van der Waals surface area (Å²) in [5.74, 6) is -1.66. The summed E-state index contributed by atoms with van der Waals surface area (Å²) in [7, 11) is -2.14. The van der Waals surface area contributed by atoms with E-state index < -0.39 is 33.4 Å². The molecule has 0 aliphatic rings. The molecule has 146 valence electrons. The second kappa shape index (κ2) is 9.50. The Morgan fingerprint density at radius 3 is 2.52 bits per heavy atom. The molecule has 0 bridgehead atoms. The van der Waals surface area contributed by atoms with E-state index in [2.05, 4.69) is 5.32 Å². The first-order valence-corrected chi connectivity index (χ1v) is 10.5. The van der Waals surface area contributed by atoms with Gasteiger partial charge in [0.05, 0.1) is 18.9 Å². The van der Waals surface area contributed by atoms with Gasteiger partial charge in [0.15, 0.2) is 21.4 Å². The van der Waals surface area contributed by atoms with Crippen LogP contribution in [0.15, 0.2) is 48.5 Å². The summed E-state index contributed by atoms with van der Waals surface area (Å²) in [6, 6.07) is 13.4. The molecule has 1 amide bonds. The van der Waals surface area contributed by atoms with Crippen molar-refractivity contribution in [3.8, 4) is 5.75 Å². The molecule has 0 spiro atoms. The zero-order valence-corrected chi connectivity index (χ0v) is 16.3. The van der Waals surface area contributed by atoms with E-state index >= 15 is 0 Å². The van der Waals surface area contributed by atoms with Crippen LogP contribution >= 0.6 is 0 Å². The third-order valence-electron chi connectivity index (χ3n) is 4.17. The molecule has 0 saturated heterocycles. The molecule has 5 nitrogen and oxygen atoms in total. The van der Waals surface area contributed by atoms with Crippen molar-refractivity contribution in [2.24, 2.45) is 0 Å². The van der Waals surface area contributed by atoms with Crippen molar-refractivity contribution in [2.75, 3.05) is 18.6 Å². The number of hydrogen-bond donors (Lipinski definition) is 1. The smallest absolute Gasteiger partial charge is 0.235 e. The van der Waals surface area contributed by atoms with Crippen molar-refractivity contribution >= 4 is 15.7 Å². The van der Waals surface area contributed by atoms with Crippen molar-refractivity contribution in [1.29, 1.82) is 0 Å². The Labute approximate surface area is 159 Å². The van der Waals surface area contributed by atoms with Gasteiger partial charge >= 0.3 is 0 Å². The van der Waals surface area contributed by atoms with E-state index in [0.717, 1.165) is 5.56 Å². The number of benzene rings is 2. The van der Waals surface area contributed by atoms with Crippen molar-refractivity contribution in [3.05, 3.63) is 65.5 Å². The van der Waals surface area contributed by atoms with Gasteiger partial charge in [-0.1, -0.05) is 36.4 Å². The first-order valence-electron chi connectivity index (χ1n) is 8.68. The lowest BCUT2D eigenvalue weighted by Crippen LogP contribution is -2.33. The van der Waals surface area contributed by atoms with Crippen LogP contribution in [0.2, 0.25) is 0 Å². The first kappa shape index (κ1) is 20.9. The Balaban J connectivity index is 1.85. The molecule has 0 aromatic heterocycles. The predicted molar refractivity (Wildman–Crippen MR) is 103 cm³/mol. The maximum Gasteiger partial charge on any atom is 0.235 e. The highest BCUT2D eigenvalue weighted by Crippen LogP contribution is 2.21. The molecule has 27 heavy (non-hydrogen) atoms. The number of rotatable bonds is 9. The molecular weight excluding hydrogens is 369 g/mol. The van der Waals surface area contributed by atoms with Crippen LogP contribution in [0.25, 0.3) is 0 Å². The number of methoxy groups -OCH3 is 1. The van der Waals surface area contributed by atoms with E-state index in [9.17, 15) is 17.6 Å². The SMILES string of the molecule is COc1ccc(C(C)NC(=O)CS(=O)(=O)CCCc2ccccc2)cc1F. The van der Waals surface area contributed by atoms with E-state index in [-0.39, 0.29) is 11.5 Å². The molecule has 0 saturated carbocycles. The van der Waals surface area contributed by atoms with Crippen LogP contribution in [0.4, 0.5) is 4.39 Å². The van der Waals surface area contributed by atoms with Crippen LogP contribution in [0, 0.1) is 5.82 Å². The van der Waals surface area contributed by atoms with Gasteiger partial charge in [-0.2, -0.15) is 0 Å². The van der Waals surface area contributed by atoms with Gasteiger partial charge in [0.25, 0.3) is 0 Å². The number of nitrogens with one attached hydrogen (secondary N) is 1. The zero-order valence-electron chi connectivity index (χ0n) is 15.4. The molecular formula is C20H24FNO4S. The van der Waals surface area contributed by atoms with Crippen LogP contribution in [0.5, 0.6) is 5.75 Å². The highest BCUT2D eigenvalue weighted by atomic mass is 32.2. The summed E-state index contributed by atoms with van der Waals surface area (Å²) >= 11 is 0. The molecule has 0 radical (unpaired) electrons. The van der Waals surface area contributed by atoms with Gasteiger partial charge in [-0.25, -0.2) is 12.8 Å². The lowest BCUT2D eigenvalue weighted by Gasteiger charge is -2.15. The maximum atomic E-state index is 13.8. The molecule has 2 aromatic rings. The average Bonchev–Trinajstić information content (AvgIpc) is 2.61. The summed E-state index contributed by atoms with van der Waals surface area (Å²) in [6.45, 7) is 1.67. The predicted octanol–water partition coefficient (Wildman–Crippen LogP) is 3.06. The highest BCUT2D eigenvalue weighted by molar-refractivity contribution is 7.92. The standard InChI is InChI=1S/C20H24FNO4S/c1-15(17-10-11-19(26-2)18(21)13-17)22-20(23)14-27(24,25)12-6-9-16-7-4-3-5-8-16/h3-5,7-8,10-11,13,15H,6,9,12,14H2,1-2H3,(H,22,23). The number of aryl methyl sites for hydroxylation is 1. The summed E-state index contributed by atoms with van der Waals surface area (Å²) in [5.41, 5.74) is 1.59. The molecule has 7 heteroatoms. The van der Waals surface area contributed by atoms with Crippen LogP contribution in [0.3, 0.4) is 0 Å². The summed E-state index contributed by atoms with van der Waals surface area (Å²) in [6.07, 6.45) is 1.10. The van der Waals surface area contributed by atoms with Crippen molar-refractivity contribution < 1.29 is 22.3 Å². The fraction of sp³-hybridized carbons (Fsp3) is 0.350. The molecule has 0 aliphatic carbocycles. The summed E-state index contributed by atoms with van der Waals surface area (Å²) in [4.78, 5) is 12.1. The van der Waals surface area contributed by atoms with E-state index in [1.54, 1.807) is 13.0 Å². The molecule has 2 rings (SSSR count). The Bertz CT molecular complexity index is 869. The minimum absolute atomic E-state index is 0.0547. The minimum Gasteiger partial charge on any atom is -0.494 e. The fourth-order valence-corrected chi connectivity index (χ4v) is 3.94. The van der Waals surface area contributed by atoms with Crippen LogP contribution < -0.4 is 10.1 Å². The zero-order chi connectivity index (χ0) is 19.9. The van der Waals surface area contributed by atoms with Gasteiger partial charge in [-0.3, -0.25) is 4.79 Å². The Kier molecular flexibility index (Phi) is 7.36. The number of sulfone groups is 1. The Morgan fingerprint density at radius 2 is 1.89 bits per heavy atom. The average molecular weight is 393 g/mol. The van der Waals surface area contributed by atoms with Crippen LogP contribution in [-0.4, -0.2) is 32.9 Å². The molecule has 1 N–H and O–H groups in total. The van der Waals surface area contributed by atoms with E-state index in [1.165, 1.54) is 19.2 Å². The monoisotopic (exact) mass is 393 g/mol. The van der Waals surface area contributed by atoms with Gasteiger partial charge in [-0.05, 0) is 43.0 Å². The van der Waals surface area contributed by atoms with E-state index in [0.29, 0.717) is 18.4 Å². The number of ether oxygens (including phenoxy) is 1. The summed E-state index contributed by atoms with van der Waals surface area (Å²) in [5, 5.41) is 2.60. The van der Waals surface area contributed by atoms with Crippen molar-refractivity contribution in [3.63, 3.8) is 0 Å². The molecule has 1 atom stereocenters. The third kappa shape index (κ3) is 6.67. The highest BCUT2D eigenvalue weighted by Gasteiger charge is 2.19. The number of halogens is 1. The van der Waals surface area contributed by atoms with E-state index in [1.807, 2.05) is 30.3 Å². The molecule has 0 heterocycles. The molecule has 2 aromatic carbocycles. The molecule has 1 unspecified atom stereocenters. The van der Waals surface area contributed by atoms with Gasteiger partial charge in [0.1, 0.15) is 5.75 Å². The van der Waals surface area contributed by atoms with Gasteiger partial charge in [-0.15, -0.1) is 0 Å². The van der Waals surface area contributed by atoms with Gasteiger partial charge in [0.2, 0.25) is 5.91 Å². The van der Waals surface area contributed by atoms with Crippen LogP contribution in [-0.2, 0) is 21.1 Å². The lowest BCUT2D eigenvalue weighted by atomic mass is 10.1. The Hall–Kier alpha value is -2.41. The summed E-state index contributed by atoms with van der Waals surface area (Å²) < 4.78 is 42.9. The third-order valence-corrected chi connectivity index (χ3v) is 5.78. The molecule has 0 fully saturated rings. The van der Waals surface area contributed by atoms with Crippen LogP contribution in [0.1, 0.15) is 30.5 Å². The lowest BCUT2D eigenvalue weighted by molar-refractivity contribution is -0.119. The fourth-order valence-electron chi connectivity index (χ4n) is 2.73. The topological polar surface area (TPSA) is 72.5 Å².